The highest BCUT2D eigenvalue weighted by Crippen LogP contribution is 2.41. The van der Waals surface area contributed by atoms with Crippen LogP contribution < -0.4 is 10.9 Å². The molecule has 2 bridgehead atoms. The van der Waals surface area contributed by atoms with Gasteiger partial charge in [-0.05, 0) is 44.6 Å². The second kappa shape index (κ2) is 7.66. The Balaban J connectivity index is 1.39. The number of ether oxygens (including phenoxy) is 1. The average Bonchev–Trinajstić information content (AvgIpc) is 3.70. The molecule has 2 aliphatic heterocycles. The first-order chi connectivity index (χ1) is 16.3. The SMILES string of the molecule is O=C(NC1CC1)c1c(O)n2ncc(/C=C/C(=O)N3C4CCC3COC4)c2n(CC2(F)CC2)c1=O. The van der Waals surface area contributed by atoms with Gasteiger partial charge in [-0.3, -0.25) is 19.0 Å². The predicted molar refractivity (Wildman–Crippen MR) is 118 cm³/mol. The number of carbonyl (C=O) groups is 2. The van der Waals surface area contributed by atoms with E-state index in [1.165, 1.54) is 18.3 Å². The second-order valence-electron chi connectivity index (χ2n) is 9.83. The number of nitrogens with zero attached hydrogens (tertiary/aromatic N) is 4. The van der Waals surface area contributed by atoms with Crippen LogP contribution in [-0.4, -0.2) is 73.0 Å². The van der Waals surface area contributed by atoms with Gasteiger partial charge < -0.3 is 20.1 Å². The number of hydrogen-bond donors (Lipinski definition) is 2. The largest absolute Gasteiger partial charge is 0.492 e. The van der Waals surface area contributed by atoms with Crippen LogP contribution in [0.4, 0.5) is 4.39 Å². The Labute approximate surface area is 194 Å². The fourth-order valence-electron chi connectivity index (χ4n) is 4.97. The highest BCUT2D eigenvalue weighted by Gasteiger charge is 2.45. The molecule has 2 aliphatic carbocycles. The third-order valence-corrected chi connectivity index (χ3v) is 7.18. The van der Waals surface area contributed by atoms with E-state index >= 15 is 0 Å². The molecular weight excluding hydrogens is 445 g/mol. The molecule has 0 radical (unpaired) electrons. The smallest absolute Gasteiger partial charge is 0.270 e. The van der Waals surface area contributed by atoms with Gasteiger partial charge >= 0.3 is 0 Å². The van der Waals surface area contributed by atoms with Crippen molar-refractivity contribution in [2.24, 2.45) is 0 Å². The third kappa shape index (κ3) is 3.58. The molecule has 2 atom stereocenters. The molecule has 2 aromatic rings. The Morgan fingerprint density at radius 3 is 2.59 bits per heavy atom. The number of aromatic hydroxyl groups is 1. The summed E-state index contributed by atoms with van der Waals surface area (Å²) in [6.45, 7) is 0.780. The van der Waals surface area contributed by atoms with E-state index in [0.717, 1.165) is 34.8 Å². The van der Waals surface area contributed by atoms with Gasteiger partial charge in [-0.25, -0.2) is 4.39 Å². The van der Waals surface area contributed by atoms with Gasteiger partial charge in [0.25, 0.3) is 11.5 Å². The number of nitrogens with one attached hydrogen (secondary N) is 1. The minimum atomic E-state index is -1.54. The van der Waals surface area contributed by atoms with Crippen molar-refractivity contribution < 1.29 is 23.8 Å². The Morgan fingerprint density at radius 1 is 1.24 bits per heavy atom. The van der Waals surface area contributed by atoms with Gasteiger partial charge in [-0.1, -0.05) is 0 Å². The first-order valence-electron chi connectivity index (χ1n) is 11.8. The molecule has 2 N–H and O–H groups in total. The third-order valence-electron chi connectivity index (χ3n) is 7.18. The van der Waals surface area contributed by atoms with Gasteiger partial charge in [0.05, 0.1) is 38.0 Å². The van der Waals surface area contributed by atoms with Crippen molar-refractivity contribution in [2.45, 2.75) is 68.9 Å². The number of fused-ring (bicyclic) bond motifs is 3. The Morgan fingerprint density at radius 2 is 1.94 bits per heavy atom. The van der Waals surface area contributed by atoms with E-state index in [9.17, 15) is 23.9 Å². The zero-order valence-electron chi connectivity index (χ0n) is 18.6. The normalized spacial score (nSPS) is 25.3. The minimum Gasteiger partial charge on any atom is -0.492 e. The van der Waals surface area contributed by atoms with Crippen LogP contribution in [0, 0.1) is 0 Å². The molecule has 0 aromatic carbocycles. The molecule has 0 spiro atoms. The van der Waals surface area contributed by atoms with E-state index in [0.29, 0.717) is 31.6 Å². The van der Waals surface area contributed by atoms with Crippen molar-refractivity contribution in [3.05, 3.63) is 33.8 Å². The zero-order valence-corrected chi connectivity index (χ0v) is 18.6. The van der Waals surface area contributed by atoms with E-state index in [1.54, 1.807) is 0 Å². The summed E-state index contributed by atoms with van der Waals surface area (Å²) in [7, 11) is 0. The van der Waals surface area contributed by atoms with Crippen molar-refractivity contribution in [1.82, 2.24) is 24.4 Å². The molecule has 4 fully saturated rings. The number of aromatic nitrogens is 3. The molecule has 2 saturated carbocycles. The van der Waals surface area contributed by atoms with Crippen molar-refractivity contribution in [1.29, 1.82) is 0 Å². The Hall–Kier alpha value is -3.21. The summed E-state index contributed by atoms with van der Waals surface area (Å²) in [6, 6.07) is 0.0793. The number of hydrogen-bond acceptors (Lipinski definition) is 6. The number of alkyl halides is 1. The molecule has 4 heterocycles. The predicted octanol–water partition coefficient (Wildman–Crippen LogP) is 0.999. The van der Waals surface area contributed by atoms with Gasteiger partial charge in [-0.15, -0.1) is 0 Å². The van der Waals surface area contributed by atoms with Gasteiger partial charge in [0.2, 0.25) is 11.8 Å². The van der Waals surface area contributed by atoms with Crippen molar-refractivity contribution >= 4 is 23.5 Å². The highest BCUT2D eigenvalue weighted by atomic mass is 19.1. The summed E-state index contributed by atoms with van der Waals surface area (Å²) >= 11 is 0. The van der Waals surface area contributed by atoms with Crippen LogP contribution in [0.15, 0.2) is 17.1 Å². The van der Waals surface area contributed by atoms with Crippen molar-refractivity contribution in [2.75, 3.05) is 13.2 Å². The average molecular weight is 471 g/mol. The number of halogens is 1. The second-order valence-corrected chi connectivity index (χ2v) is 9.83. The van der Waals surface area contributed by atoms with Crippen LogP contribution >= 0.6 is 0 Å². The first kappa shape index (κ1) is 21.3. The van der Waals surface area contributed by atoms with Crippen LogP contribution in [0.25, 0.3) is 11.7 Å². The quantitative estimate of drug-likeness (QED) is 0.607. The number of carbonyl (C=O) groups excluding carboxylic acids is 2. The van der Waals surface area contributed by atoms with E-state index in [4.69, 9.17) is 4.74 Å². The Kier molecular flexibility index (Phi) is 4.80. The summed E-state index contributed by atoms with van der Waals surface area (Å²) in [4.78, 5) is 40.7. The van der Waals surface area contributed by atoms with Gasteiger partial charge in [0.1, 0.15) is 11.3 Å². The molecule has 6 rings (SSSR count). The summed E-state index contributed by atoms with van der Waals surface area (Å²) < 4.78 is 22.5. The van der Waals surface area contributed by atoms with E-state index in [1.807, 2.05) is 4.90 Å². The van der Waals surface area contributed by atoms with Crippen LogP contribution in [-0.2, 0) is 16.1 Å². The van der Waals surface area contributed by atoms with Gasteiger partial charge in [0.15, 0.2) is 5.56 Å². The van der Waals surface area contributed by atoms with E-state index in [-0.39, 0.29) is 36.2 Å². The monoisotopic (exact) mass is 471 g/mol. The van der Waals surface area contributed by atoms with Crippen LogP contribution in [0.1, 0.15) is 54.4 Å². The van der Waals surface area contributed by atoms with Gasteiger partial charge in [-0.2, -0.15) is 9.61 Å². The maximum Gasteiger partial charge on any atom is 0.270 e. The van der Waals surface area contributed by atoms with E-state index < -0.39 is 28.6 Å². The summed E-state index contributed by atoms with van der Waals surface area (Å²) in [5, 5.41) is 17.6. The molecule has 10 nitrogen and oxygen atoms in total. The van der Waals surface area contributed by atoms with Gasteiger partial charge in [0, 0.05) is 17.7 Å². The summed E-state index contributed by atoms with van der Waals surface area (Å²) in [6.07, 6.45) is 8.38. The lowest BCUT2D eigenvalue weighted by molar-refractivity contribution is -0.135. The fourth-order valence-corrected chi connectivity index (χ4v) is 4.97. The molecule has 34 heavy (non-hydrogen) atoms. The lowest BCUT2D eigenvalue weighted by Crippen LogP contribution is -2.48. The van der Waals surface area contributed by atoms with Crippen molar-refractivity contribution in [3.8, 4) is 5.88 Å². The minimum absolute atomic E-state index is 0.0241. The first-order valence-corrected chi connectivity index (χ1v) is 11.8. The summed E-state index contributed by atoms with van der Waals surface area (Å²) in [5.74, 6) is -1.47. The molecular formula is C23H26FN5O5. The maximum absolute atomic E-state index is 14.8. The number of morpholine rings is 1. The Bertz CT molecular complexity index is 1260. The number of rotatable bonds is 6. The molecule has 2 aromatic heterocycles. The zero-order chi connectivity index (χ0) is 23.6. The van der Waals surface area contributed by atoms with Crippen LogP contribution in [0.5, 0.6) is 5.88 Å². The lowest BCUT2D eigenvalue weighted by Gasteiger charge is -2.33. The molecule has 2 amide bonds. The lowest BCUT2D eigenvalue weighted by atomic mass is 10.2. The molecule has 11 heteroatoms. The van der Waals surface area contributed by atoms with E-state index in [2.05, 4.69) is 10.4 Å². The topological polar surface area (TPSA) is 118 Å². The summed E-state index contributed by atoms with van der Waals surface area (Å²) in [5.41, 5.74) is -2.26. The standard InChI is InChI=1S/C23H26FN5O5/c24-23(7-8-23)12-27-20-13(1-6-17(30)28-15-4-5-16(28)11-34-10-15)9-25-29(20)22(33)18(21(27)32)19(31)26-14-2-3-14/h1,6,9,14-16,33H,2-5,7-8,10-12H2,(H,26,31)/b6-1+. The number of amides is 2. The maximum atomic E-state index is 14.8. The molecule has 2 unspecified atom stereocenters. The van der Waals surface area contributed by atoms with Crippen LogP contribution in [0.2, 0.25) is 0 Å². The molecule has 2 saturated heterocycles. The molecule has 180 valence electrons. The van der Waals surface area contributed by atoms with Crippen LogP contribution in [0.3, 0.4) is 0 Å². The fraction of sp³-hybridized carbons (Fsp3) is 0.565. The molecule has 4 aliphatic rings. The van der Waals surface area contributed by atoms with Crippen molar-refractivity contribution in [3.63, 3.8) is 0 Å². The highest BCUT2D eigenvalue weighted by molar-refractivity contribution is 5.97.